The molecule has 0 aliphatic carbocycles. The van der Waals surface area contributed by atoms with E-state index in [9.17, 15) is 0 Å². The van der Waals surface area contributed by atoms with Gasteiger partial charge in [0.15, 0.2) is 11.2 Å². The van der Waals surface area contributed by atoms with Gasteiger partial charge in [0, 0.05) is 95.6 Å². The lowest BCUT2D eigenvalue weighted by atomic mass is 9.79. The summed E-state index contributed by atoms with van der Waals surface area (Å²) in [6, 6.07) is 26.1. The third-order valence-corrected chi connectivity index (χ3v) is 14.0. The van der Waals surface area contributed by atoms with Crippen molar-refractivity contribution in [2.45, 2.75) is 76.3 Å². The number of halogens is 1. The van der Waals surface area contributed by atoms with Crippen LogP contribution in [0.4, 0.5) is 12.0 Å². The fourth-order valence-electron chi connectivity index (χ4n) is 10.1. The van der Waals surface area contributed by atoms with Crippen LogP contribution >= 0.6 is 15.9 Å². The summed E-state index contributed by atoms with van der Waals surface area (Å²) in [5, 5.41) is 20.1. The summed E-state index contributed by atoms with van der Waals surface area (Å²) in [7, 11) is -1.46. The van der Waals surface area contributed by atoms with Gasteiger partial charge in [-0.1, -0.05) is 61.4 Å². The molecule has 0 spiro atoms. The summed E-state index contributed by atoms with van der Waals surface area (Å²) in [5.74, 6) is 0. The first kappa shape index (κ1) is 44.3. The SMILES string of the molecule is Brc1cnc2nc(N3CCC(N4CCCCC4)CC3)oc2c1.OB(O)c1cccc2cccnc12.c1cnc2c(-c3cnc4nc(N5CCC(N6CCCCC6)CC5)oc4c3)cccc2c1. The molecular weight excluding hydrogens is 895 g/mol. The molecule has 66 heavy (non-hydrogen) atoms. The fraction of sp³-hybridized carbons (Fsp3) is 0.400. The summed E-state index contributed by atoms with van der Waals surface area (Å²) < 4.78 is 13.0. The maximum Gasteiger partial charge on any atom is 0.490 e. The number of aromatic nitrogens is 6. The number of anilines is 2. The standard InChI is InChI=1S/C25H27N5O.C16H21BrN4O.C9H8BNO2/c1-2-12-29(13-3-1)20-9-14-30(15-10-20)25-28-24-22(31-25)16-19(17-27-24)21-8-4-6-18-7-5-11-26-23(18)21;17-12-10-14-15(18-11-12)19-16(22-14)21-8-4-13(5-9-21)20-6-2-1-3-7-20;12-10(13)8-5-1-3-7-4-2-6-11-9(7)8/h4-8,11,16-17,20H,1-3,9-10,12-15H2;10-11,13H,1-9H2;1-6,12-13H. The van der Waals surface area contributed by atoms with Crippen LogP contribution in [0.25, 0.3) is 55.4 Å². The number of nitrogens with zero attached hydrogens (tertiary/aromatic N) is 10. The number of para-hydroxylation sites is 2. The smallest absolute Gasteiger partial charge is 0.423 e. The second kappa shape index (κ2) is 20.6. The van der Waals surface area contributed by atoms with Gasteiger partial charge in [-0.25, -0.2) is 9.97 Å². The van der Waals surface area contributed by atoms with Crippen LogP contribution in [0, 0.1) is 0 Å². The van der Waals surface area contributed by atoms with Gasteiger partial charge >= 0.3 is 7.12 Å². The number of piperidine rings is 4. The van der Waals surface area contributed by atoms with Gasteiger partial charge in [-0.3, -0.25) is 9.97 Å². The van der Waals surface area contributed by atoms with E-state index in [2.05, 4.69) is 89.7 Å². The second-order valence-electron chi connectivity index (χ2n) is 17.8. The topological polar surface area (TPSA) is 157 Å². The predicted octanol–water partition coefficient (Wildman–Crippen LogP) is 8.25. The number of pyridine rings is 4. The fourth-order valence-corrected chi connectivity index (χ4v) is 10.4. The van der Waals surface area contributed by atoms with Crippen LogP contribution in [0.3, 0.4) is 0 Å². The Labute approximate surface area is 393 Å². The molecule has 6 aromatic heterocycles. The van der Waals surface area contributed by atoms with Gasteiger partial charge in [-0.15, -0.1) is 0 Å². The van der Waals surface area contributed by atoms with Crippen molar-refractivity contribution in [1.82, 2.24) is 39.7 Å². The number of benzene rings is 2. The monoisotopic (exact) mass is 950 g/mol. The molecule has 0 amide bonds. The van der Waals surface area contributed by atoms with Crippen molar-refractivity contribution in [2.24, 2.45) is 0 Å². The van der Waals surface area contributed by atoms with Gasteiger partial charge in [0.2, 0.25) is 11.3 Å². The van der Waals surface area contributed by atoms with Crippen molar-refractivity contribution in [1.29, 1.82) is 0 Å². The minimum Gasteiger partial charge on any atom is -0.423 e. The van der Waals surface area contributed by atoms with Gasteiger partial charge in [0.25, 0.3) is 12.0 Å². The van der Waals surface area contributed by atoms with E-state index in [1.807, 2.05) is 48.8 Å². The molecule has 12 rings (SSSR count). The number of rotatable bonds is 6. The van der Waals surface area contributed by atoms with Gasteiger partial charge in [-0.05, 0) is 117 Å². The van der Waals surface area contributed by atoms with Crippen LogP contribution < -0.4 is 15.3 Å². The average Bonchev–Trinajstić information content (AvgIpc) is 4.01. The van der Waals surface area contributed by atoms with E-state index in [1.54, 1.807) is 24.5 Å². The lowest BCUT2D eigenvalue weighted by Crippen LogP contribution is -2.46. The summed E-state index contributed by atoms with van der Waals surface area (Å²) in [5.41, 5.74) is 6.97. The van der Waals surface area contributed by atoms with E-state index in [0.717, 1.165) is 81.3 Å². The molecule has 2 N–H and O–H groups in total. The number of hydrogen-bond donors (Lipinski definition) is 2. The zero-order valence-corrected chi connectivity index (χ0v) is 38.8. The van der Waals surface area contributed by atoms with Crippen molar-refractivity contribution in [2.75, 3.05) is 62.2 Å². The predicted molar refractivity (Wildman–Crippen MR) is 265 cm³/mol. The minimum absolute atomic E-state index is 0.443. The normalized spacial score (nSPS) is 18.0. The summed E-state index contributed by atoms with van der Waals surface area (Å²) >= 11 is 3.42. The van der Waals surface area contributed by atoms with Crippen molar-refractivity contribution in [3.63, 3.8) is 0 Å². The van der Waals surface area contributed by atoms with E-state index in [-0.39, 0.29) is 0 Å². The summed E-state index contributed by atoms with van der Waals surface area (Å²) in [6.07, 6.45) is 20.1. The highest BCUT2D eigenvalue weighted by atomic mass is 79.9. The minimum atomic E-state index is -1.46. The highest BCUT2D eigenvalue weighted by Gasteiger charge is 2.29. The maximum atomic E-state index is 9.04. The van der Waals surface area contributed by atoms with E-state index in [1.165, 1.54) is 90.4 Å². The molecule has 14 nitrogen and oxygen atoms in total. The van der Waals surface area contributed by atoms with Gasteiger partial charge in [0.05, 0.1) is 11.0 Å². The van der Waals surface area contributed by atoms with Crippen LogP contribution in [-0.4, -0.2) is 121 Å². The van der Waals surface area contributed by atoms with Crippen molar-refractivity contribution in [3.05, 3.63) is 102 Å². The molecule has 4 aliphatic rings. The van der Waals surface area contributed by atoms with Gasteiger partial charge < -0.3 is 38.5 Å². The molecule has 4 fully saturated rings. The largest absolute Gasteiger partial charge is 0.490 e. The zero-order valence-electron chi connectivity index (χ0n) is 37.3. The van der Waals surface area contributed by atoms with E-state index < -0.39 is 7.12 Å². The molecule has 0 atom stereocenters. The Morgan fingerprint density at radius 3 is 1.62 bits per heavy atom. The van der Waals surface area contributed by atoms with Crippen molar-refractivity contribution in [3.8, 4) is 11.1 Å². The first-order chi connectivity index (χ1) is 32.4. The maximum absolute atomic E-state index is 9.04. The lowest BCUT2D eigenvalue weighted by molar-refractivity contribution is 0.140. The van der Waals surface area contributed by atoms with Crippen LogP contribution in [0.2, 0.25) is 0 Å². The Morgan fingerprint density at radius 2 is 1.05 bits per heavy atom. The third-order valence-electron chi connectivity index (χ3n) is 13.6. The van der Waals surface area contributed by atoms with Crippen LogP contribution in [0.5, 0.6) is 0 Å². The lowest BCUT2D eigenvalue weighted by Gasteiger charge is -2.39. The Hall–Kier alpha value is -5.52. The average molecular weight is 952 g/mol. The molecule has 340 valence electrons. The van der Waals surface area contributed by atoms with E-state index >= 15 is 0 Å². The highest BCUT2D eigenvalue weighted by molar-refractivity contribution is 9.10. The molecule has 0 unspecified atom stereocenters. The van der Waals surface area contributed by atoms with Crippen LogP contribution in [0.15, 0.2) is 111 Å². The Kier molecular flexibility index (Phi) is 13.8. The Morgan fingerprint density at radius 1 is 0.545 bits per heavy atom. The molecule has 10 heterocycles. The van der Waals surface area contributed by atoms with E-state index in [0.29, 0.717) is 34.3 Å². The van der Waals surface area contributed by atoms with Crippen LogP contribution in [-0.2, 0) is 0 Å². The Bertz CT molecular complexity index is 2860. The first-order valence-corrected chi connectivity index (χ1v) is 24.4. The zero-order chi connectivity index (χ0) is 44.8. The number of fused-ring (bicyclic) bond motifs is 4. The van der Waals surface area contributed by atoms with Gasteiger partial charge in [0.1, 0.15) is 0 Å². The molecule has 0 saturated carbocycles. The second-order valence-corrected chi connectivity index (χ2v) is 18.7. The van der Waals surface area contributed by atoms with Crippen molar-refractivity contribution >= 4 is 84.8 Å². The first-order valence-electron chi connectivity index (χ1n) is 23.6. The number of oxazole rings is 2. The van der Waals surface area contributed by atoms with Crippen molar-refractivity contribution < 1.29 is 18.9 Å². The molecular formula is C50H56BBrN10O4. The van der Waals surface area contributed by atoms with E-state index in [4.69, 9.17) is 18.9 Å². The Balaban J connectivity index is 0.000000127. The summed E-state index contributed by atoms with van der Waals surface area (Å²) in [4.78, 5) is 36.7. The molecule has 4 saturated heterocycles. The molecule has 2 aromatic carbocycles. The quantitative estimate of drug-likeness (QED) is 0.154. The molecule has 4 aliphatic heterocycles. The number of hydrogen-bond acceptors (Lipinski definition) is 14. The molecule has 16 heteroatoms. The molecule has 8 aromatic rings. The number of likely N-dealkylation sites (tertiary alicyclic amines) is 2. The molecule has 0 radical (unpaired) electrons. The van der Waals surface area contributed by atoms with Crippen LogP contribution in [0.1, 0.15) is 64.2 Å². The highest BCUT2D eigenvalue weighted by Crippen LogP contribution is 2.32. The molecule has 0 bridgehead atoms. The van der Waals surface area contributed by atoms with Gasteiger partial charge in [-0.2, -0.15) is 9.97 Å². The third kappa shape index (κ3) is 10.1. The summed E-state index contributed by atoms with van der Waals surface area (Å²) in [6.45, 7) is 9.13.